The quantitative estimate of drug-likeness (QED) is 0.318. The lowest BCUT2D eigenvalue weighted by Crippen LogP contribution is -2.17. The molecule has 0 aliphatic heterocycles. The first-order valence-electron chi connectivity index (χ1n) is 6.00. The van der Waals surface area contributed by atoms with Gasteiger partial charge in [-0.2, -0.15) is 0 Å². The second-order valence-corrected chi connectivity index (χ2v) is 5.06. The van der Waals surface area contributed by atoms with Gasteiger partial charge in [0.2, 0.25) is 0 Å². The van der Waals surface area contributed by atoms with Crippen molar-refractivity contribution in [1.82, 2.24) is 0 Å². The maximum Gasteiger partial charge on any atom is 0.354 e. The van der Waals surface area contributed by atoms with E-state index in [1.807, 2.05) is 0 Å². The van der Waals surface area contributed by atoms with Crippen LogP contribution in [0.15, 0.2) is 46.7 Å². The molecule has 1 aromatic carbocycles. The number of aliphatic imine (C=N–C) groups is 1. The molecule has 0 saturated carbocycles. The minimum atomic E-state index is -1.34. The van der Waals surface area contributed by atoms with Crippen molar-refractivity contribution >= 4 is 40.7 Å². The zero-order valence-electron chi connectivity index (χ0n) is 11.7. The van der Waals surface area contributed by atoms with Crippen molar-refractivity contribution in [3.63, 3.8) is 0 Å². The minimum Gasteiger partial charge on any atom is -0.477 e. The van der Waals surface area contributed by atoms with Crippen LogP contribution in [-0.2, 0) is 4.79 Å². The Bertz CT molecular complexity index is 672. The molecule has 0 spiro atoms. The Morgan fingerprint density at radius 3 is 2.59 bits per heavy atom. The van der Waals surface area contributed by atoms with Crippen LogP contribution in [-0.4, -0.2) is 23.6 Å². The van der Waals surface area contributed by atoms with Gasteiger partial charge in [-0.25, -0.2) is 14.2 Å². The molecule has 118 valence electrons. The van der Waals surface area contributed by atoms with Crippen LogP contribution in [0.3, 0.4) is 0 Å². The monoisotopic (exact) mass is 345 g/mol. The predicted molar refractivity (Wildman–Crippen MR) is 87.2 cm³/mol. The summed E-state index contributed by atoms with van der Waals surface area (Å²) in [5, 5.41) is 12.7. The second kappa shape index (κ2) is 7.82. The van der Waals surface area contributed by atoms with Gasteiger partial charge in [-0.1, -0.05) is 29.8 Å². The van der Waals surface area contributed by atoms with Crippen LogP contribution >= 0.6 is 23.2 Å². The number of amidine groups is 1. The lowest BCUT2D eigenvalue weighted by molar-refractivity contribution is -0.132. The lowest BCUT2D eigenvalue weighted by atomic mass is 10.1. The number of rotatable bonds is 6. The maximum absolute atomic E-state index is 12.4. The SMILES string of the molecule is C=C(Nc1ccc(Cl)c(Cl)c1)/C(C)=C(\N=C(/N)CF)C(=O)O. The number of nitrogens with one attached hydrogen (secondary N) is 1. The predicted octanol–water partition coefficient (Wildman–Crippen LogP) is 3.60. The number of carboxylic acid groups (broad SMARTS) is 1. The van der Waals surface area contributed by atoms with Gasteiger partial charge in [0, 0.05) is 17.0 Å². The van der Waals surface area contributed by atoms with E-state index < -0.39 is 24.2 Å². The summed E-state index contributed by atoms with van der Waals surface area (Å²) in [6.45, 7) is 4.16. The number of hydrogen-bond acceptors (Lipinski definition) is 3. The third-order valence-corrected chi connectivity index (χ3v) is 3.36. The molecule has 0 saturated heterocycles. The van der Waals surface area contributed by atoms with Gasteiger partial charge < -0.3 is 16.2 Å². The van der Waals surface area contributed by atoms with E-state index in [1.54, 1.807) is 18.2 Å². The fourth-order valence-corrected chi connectivity index (χ4v) is 1.75. The molecule has 1 rings (SSSR count). The average Bonchev–Trinajstić information content (AvgIpc) is 2.47. The van der Waals surface area contributed by atoms with Gasteiger partial charge in [0.05, 0.1) is 10.0 Å². The zero-order chi connectivity index (χ0) is 16.9. The number of nitrogens with zero attached hydrogens (tertiary/aromatic N) is 1. The van der Waals surface area contributed by atoms with Crippen LogP contribution in [0.1, 0.15) is 6.92 Å². The number of halogens is 3. The van der Waals surface area contributed by atoms with Gasteiger partial charge in [-0.3, -0.25) is 0 Å². The highest BCUT2D eigenvalue weighted by atomic mass is 35.5. The largest absolute Gasteiger partial charge is 0.477 e. The van der Waals surface area contributed by atoms with Gasteiger partial charge >= 0.3 is 5.97 Å². The molecule has 0 bridgehead atoms. The van der Waals surface area contributed by atoms with Gasteiger partial charge in [0.25, 0.3) is 0 Å². The summed E-state index contributed by atoms with van der Waals surface area (Å²) in [4.78, 5) is 14.7. The van der Waals surface area contributed by atoms with Crippen LogP contribution in [0.2, 0.25) is 10.0 Å². The topological polar surface area (TPSA) is 87.7 Å². The van der Waals surface area contributed by atoms with E-state index in [-0.39, 0.29) is 11.3 Å². The van der Waals surface area contributed by atoms with Crippen LogP contribution in [0.4, 0.5) is 10.1 Å². The summed E-state index contributed by atoms with van der Waals surface area (Å²) in [6.07, 6.45) is 0. The highest BCUT2D eigenvalue weighted by Gasteiger charge is 2.14. The summed E-state index contributed by atoms with van der Waals surface area (Å²) < 4.78 is 12.4. The third-order valence-electron chi connectivity index (χ3n) is 2.62. The Morgan fingerprint density at radius 1 is 1.45 bits per heavy atom. The molecule has 4 N–H and O–H groups in total. The molecule has 8 heteroatoms. The van der Waals surface area contributed by atoms with E-state index in [0.29, 0.717) is 15.7 Å². The average molecular weight is 346 g/mol. The first-order chi connectivity index (χ1) is 10.3. The van der Waals surface area contributed by atoms with E-state index >= 15 is 0 Å². The first-order valence-corrected chi connectivity index (χ1v) is 6.76. The summed E-state index contributed by atoms with van der Waals surface area (Å²) in [5.74, 6) is -1.77. The summed E-state index contributed by atoms with van der Waals surface area (Å²) in [7, 11) is 0. The number of allylic oxidation sites excluding steroid dienone is 1. The highest BCUT2D eigenvalue weighted by Crippen LogP contribution is 2.26. The number of alkyl halides is 1. The Labute approximate surface area is 136 Å². The normalized spacial score (nSPS) is 12.6. The number of hydrogen-bond donors (Lipinski definition) is 3. The van der Waals surface area contributed by atoms with Gasteiger partial charge in [0.1, 0.15) is 12.5 Å². The van der Waals surface area contributed by atoms with Crippen LogP contribution in [0.5, 0.6) is 0 Å². The molecule has 0 amide bonds. The van der Waals surface area contributed by atoms with Crippen LogP contribution in [0.25, 0.3) is 0 Å². The van der Waals surface area contributed by atoms with Crippen molar-refractivity contribution in [1.29, 1.82) is 0 Å². The Morgan fingerprint density at radius 2 is 2.09 bits per heavy atom. The standard InChI is InChI=1S/C14H14Cl2FN3O2/c1-7(13(14(21)22)20-12(18)6-17)8(2)19-9-3-4-10(15)11(16)5-9/h3-5,19H,2,6H2,1H3,(H2,18,20)(H,21,22)/b13-7-. The number of aliphatic carboxylic acids is 1. The lowest BCUT2D eigenvalue weighted by Gasteiger charge is -2.12. The summed E-state index contributed by atoms with van der Waals surface area (Å²) >= 11 is 11.7. The van der Waals surface area contributed by atoms with E-state index in [9.17, 15) is 9.18 Å². The van der Waals surface area contributed by atoms with E-state index in [4.69, 9.17) is 34.0 Å². The minimum absolute atomic E-state index is 0.204. The van der Waals surface area contributed by atoms with Crippen molar-refractivity contribution in [2.45, 2.75) is 6.92 Å². The third kappa shape index (κ3) is 4.75. The van der Waals surface area contributed by atoms with Gasteiger partial charge in [-0.15, -0.1) is 0 Å². The molecule has 0 atom stereocenters. The molecule has 0 aliphatic rings. The molecule has 5 nitrogen and oxygen atoms in total. The zero-order valence-corrected chi connectivity index (χ0v) is 13.2. The van der Waals surface area contributed by atoms with Crippen LogP contribution in [0, 0.1) is 0 Å². The second-order valence-electron chi connectivity index (χ2n) is 4.25. The number of carboxylic acids is 1. The molecular formula is C14H14Cl2FN3O2. The van der Waals surface area contributed by atoms with Crippen molar-refractivity contribution in [3.8, 4) is 0 Å². The first kappa shape index (κ1) is 18.0. The van der Waals surface area contributed by atoms with Crippen molar-refractivity contribution in [2.24, 2.45) is 10.7 Å². The Kier molecular flexibility index (Phi) is 6.39. The number of anilines is 1. The molecule has 22 heavy (non-hydrogen) atoms. The molecule has 0 fully saturated rings. The summed E-state index contributed by atoms with van der Waals surface area (Å²) in [5.41, 5.74) is 5.86. The molecule has 0 radical (unpaired) electrons. The smallest absolute Gasteiger partial charge is 0.354 e. The number of benzene rings is 1. The van der Waals surface area contributed by atoms with Crippen molar-refractivity contribution in [3.05, 3.63) is 51.8 Å². The molecular weight excluding hydrogens is 332 g/mol. The van der Waals surface area contributed by atoms with Crippen molar-refractivity contribution < 1.29 is 14.3 Å². The van der Waals surface area contributed by atoms with Crippen molar-refractivity contribution in [2.75, 3.05) is 12.0 Å². The fraction of sp³-hybridized carbons (Fsp3) is 0.143. The Balaban J connectivity index is 3.09. The highest BCUT2D eigenvalue weighted by molar-refractivity contribution is 6.42. The van der Waals surface area contributed by atoms with Crippen LogP contribution < -0.4 is 11.1 Å². The number of carbonyl (C=O) groups is 1. The molecule has 0 unspecified atom stereocenters. The maximum atomic E-state index is 12.4. The number of nitrogens with two attached hydrogens (primary N) is 1. The van der Waals surface area contributed by atoms with Gasteiger partial charge in [-0.05, 0) is 25.1 Å². The fourth-order valence-electron chi connectivity index (χ4n) is 1.45. The van der Waals surface area contributed by atoms with E-state index in [2.05, 4.69) is 16.9 Å². The van der Waals surface area contributed by atoms with E-state index in [1.165, 1.54) is 6.92 Å². The molecule has 0 heterocycles. The van der Waals surface area contributed by atoms with Gasteiger partial charge in [0.15, 0.2) is 5.70 Å². The summed E-state index contributed by atoms with van der Waals surface area (Å²) in [6, 6.07) is 4.78. The molecule has 0 aliphatic carbocycles. The molecule has 1 aromatic rings. The molecule has 0 aromatic heterocycles. The Hall–Kier alpha value is -2.05. The van der Waals surface area contributed by atoms with E-state index in [0.717, 1.165) is 0 Å².